The summed E-state index contributed by atoms with van der Waals surface area (Å²) < 4.78 is 11.5. The summed E-state index contributed by atoms with van der Waals surface area (Å²) >= 11 is 0. The Labute approximate surface area is 196 Å². The molecule has 9 nitrogen and oxygen atoms in total. The zero-order valence-corrected chi connectivity index (χ0v) is 18.6. The van der Waals surface area contributed by atoms with Crippen molar-refractivity contribution < 1.29 is 28.7 Å². The molecule has 0 aliphatic carbocycles. The molecular weight excluding hydrogens is 438 g/mol. The van der Waals surface area contributed by atoms with Crippen LogP contribution in [0.4, 0.5) is 4.79 Å². The number of likely N-dealkylation sites (tertiary alicyclic amines) is 1. The van der Waals surface area contributed by atoms with E-state index in [1.165, 1.54) is 0 Å². The maximum absolute atomic E-state index is 13.2. The lowest BCUT2D eigenvalue weighted by Crippen LogP contribution is -2.43. The van der Waals surface area contributed by atoms with Crippen molar-refractivity contribution in [1.29, 1.82) is 0 Å². The van der Waals surface area contributed by atoms with Crippen LogP contribution in [-0.4, -0.2) is 64.8 Å². The smallest absolute Gasteiger partial charge is 0.335 e. The predicted octanol–water partition coefficient (Wildman–Crippen LogP) is 2.50. The average molecular weight is 463 g/mol. The summed E-state index contributed by atoms with van der Waals surface area (Å²) in [5.74, 6) is -0.919. The normalized spacial score (nSPS) is 20.2. The number of benzene rings is 2. The van der Waals surface area contributed by atoms with Crippen molar-refractivity contribution >= 4 is 23.8 Å². The van der Waals surface area contributed by atoms with Gasteiger partial charge in [0.25, 0.3) is 0 Å². The summed E-state index contributed by atoms with van der Waals surface area (Å²) in [6.07, 6.45) is 2.36. The van der Waals surface area contributed by atoms with Crippen molar-refractivity contribution in [2.45, 2.75) is 31.8 Å². The number of fused-ring (bicyclic) bond motifs is 1. The van der Waals surface area contributed by atoms with E-state index in [1.54, 1.807) is 29.2 Å². The van der Waals surface area contributed by atoms with Gasteiger partial charge in [0.05, 0.1) is 25.8 Å². The molecule has 1 unspecified atom stereocenters. The van der Waals surface area contributed by atoms with Gasteiger partial charge in [0.15, 0.2) is 11.5 Å². The van der Waals surface area contributed by atoms with Crippen LogP contribution >= 0.6 is 0 Å². The molecule has 0 radical (unpaired) electrons. The standard InChI is InChI=1S/C25H25N3O6/c29-22(16-28-24(31)23(30)27(25(28)32)15-17-6-2-1-3-7-17)26-11-4-8-19(26)18-9-10-20-21(14-18)34-13-5-12-33-20/h1-3,6-7,9-10,14,19H,4-5,8,11-13,15-16H2. The second kappa shape index (κ2) is 9.17. The lowest BCUT2D eigenvalue weighted by Gasteiger charge is -2.27. The van der Waals surface area contributed by atoms with E-state index in [1.807, 2.05) is 24.3 Å². The van der Waals surface area contributed by atoms with Crippen LogP contribution in [-0.2, 0) is 20.9 Å². The van der Waals surface area contributed by atoms with Gasteiger partial charge in [-0.1, -0.05) is 36.4 Å². The SMILES string of the molecule is O=C1C(=O)N(Cc2ccccc2)C(=O)N1CC(=O)N1CCCC1c1ccc2c(c1)OCCCO2. The number of hydrogen-bond acceptors (Lipinski definition) is 6. The Balaban J connectivity index is 1.30. The molecule has 34 heavy (non-hydrogen) atoms. The molecule has 0 bridgehead atoms. The molecule has 176 valence electrons. The van der Waals surface area contributed by atoms with Crippen molar-refractivity contribution in [3.05, 3.63) is 59.7 Å². The molecule has 2 fully saturated rings. The zero-order chi connectivity index (χ0) is 23.7. The zero-order valence-electron chi connectivity index (χ0n) is 18.6. The number of ether oxygens (including phenoxy) is 2. The molecule has 2 saturated heterocycles. The van der Waals surface area contributed by atoms with Crippen LogP contribution in [0, 0.1) is 0 Å². The van der Waals surface area contributed by atoms with Crippen LogP contribution < -0.4 is 9.47 Å². The monoisotopic (exact) mass is 463 g/mol. The van der Waals surface area contributed by atoms with Crippen molar-refractivity contribution in [2.75, 3.05) is 26.3 Å². The summed E-state index contributed by atoms with van der Waals surface area (Å²) in [4.78, 5) is 54.3. The first-order valence-electron chi connectivity index (χ1n) is 11.4. The van der Waals surface area contributed by atoms with Gasteiger partial charge in [-0.25, -0.2) is 9.69 Å². The third-order valence-electron chi connectivity index (χ3n) is 6.34. The number of imide groups is 2. The fourth-order valence-electron chi connectivity index (χ4n) is 4.62. The summed E-state index contributed by atoms with van der Waals surface area (Å²) in [5.41, 5.74) is 1.63. The Bertz CT molecular complexity index is 1130. The number of carbonyl (C=O) groups excluding carboxylic acids is 4. The van der Waals surface area contributed by atoms with Gasteiger partial charge in [-0.05, 0) is 36.1 Å². The fourth-order valence-corrected chi connectivity index (χ4v) is 4.62. The first-order valence-corrected chi connectivity index (χ1v) is 11.4. The van der Waals surface area contributed by atoms with Gasteiger partial charge in [-0.3, -0.25) is 19.3 Å². The van der Waals surface area contributed by atoms with Crippen LogP contribution in [0.5, 0.6) is 11.5 Å². The number of hydrogen-bond donors (Lipinski definition) is 0. The largest absolute Gasteiger partial charge is 0.490 e. The Hall–Kier alpha value is -3.88. The molecule has 0 aromatic heterocycles. The first kappa shape index (κ1) is 21.9. The molecule has 3 aliphatic heterocycles. The van der Waals surface area contributed by atoms with Crippen LogP contribution in [0.25, 0.3) is 0 Å². The molecule has 0 saturated carbocycles. The van der Waals surface area contributed by atoms with E-state index in [4.69, 9.17) is 9.47 Å². The molecule has 0 spiro atoms. The molecular formula is C25H25N3O6. The maximum atomic E-state index is 13.2. The van der Waals surface area contributed by atoms with Crippen LogP contribution in [0.3, 0.4) is 0 Å². The number of nitrogens with zero attached hydrogens (tertiary/aromatic N) is 3. The molecule has 9 heteroatoms. The lowest BCUT2D eigenvalue weighted by molar-refractivity contribution is -0.145. The van der Waals surface area contributed by atoms with Gasteiger partial charge in [0, 0.05) is 13.0 Å². The lowest BCUT2D eigenvalue weighted by atomic mass is 10.0. The summed E-state index contributed by atoms with van der Waals surface area (Å²) in [5, 5.41) is 0. The van der Waals surface area contributed by atoms with Gasteiger partial charge in [0.2, 0.25) is 5.91 Å². The van der Waals surface area contributed by atoms with Gasteiger partial charge in [-0.15, -0.1) is 0 Å². The van der Waals surface area contributed by atoms with Gasteiger partial charge < -0.3 is 14.4 Å². The van der Waals surface area contributed by atoms with E-state index in [0.717, 1.165) is 40.2 Å². The van der Waals surface area contributed by atoms with Crippen LogP contribution in [0.15, 0.2) is 48.5 Å². The Kier molecular flexibility index (Phi) is 5.91. The van der Waals surface area contributed by atoms with E-state index in [-0.39, 0.29) is 18.5 Å². The molecule has 5 amide bonds. The fraction of sp³-hybridized carbons (Fsp3) is 0.360. The molecule has 1 atom stereocenters. The highest BCUT2D eigenvalue weighted by Crippen LogP contribution is 2.38. The molecule has 0 N–H and O–H groups in total. The Morgan fingerprint density at radius 1 is 0.882 bits per heavy atom. The topological polar surface area (TPSA) is 96.5 Å². The molecule has 5 rings (SSSR count). The highest BCUT2D eigenvalue weighted by Gasteiger charge is 2.46. The Morgan fingerprint density at radius 2 is 1.62 bits per heavy atom. The highest BCUT2D eigenvalue weighted by molar-refractivity contribution is 6.44. The van der Waals surface area contributed by atoms with E-state index < -0.39 is 24.4 Å². The van der Waals surface area contributed by atoms with Crippen LogP contribution in [0.2, 0.25) is 0 Å². The first-order chi connectivity index (χ1) is 16.5. The maximum Gasteiger partial charge on any atom is 0.335 e. The number of amides is 5. The van der Waals surface area contributed by atoms with Gasteiger partial charge in [0.1, 0.15) is 6.54 Å². The van der Waals surface area contributed by atoms with Crippen molar-refractivity contribution in [2.24, 2.45) is 0 Å². The van der Waals surface area contributed by atoms with E-state index >= 15 is 0 Å². The molecule has 2 aromatic carbocycles. The second-order valence-electron chi connectivity index (χ2n) is 8.55. The second-order valence-corrected chi connectivity index (χ2v) is 8.55. The highest BCUT2D eigenvalue weighted by atomic mass is 16.5. The van der Waals surface area contributed by atoms with E-state index in [0.29, 0.717) is 31.3 Å². The minimum Gasteiger partial charge on any atom is -0.490 e. The van der Waals surface area contributed by atoms with Gasteiger partial charge in [-0.2, -0.15) is 0 Å². The third kappa shape index (κ3) is 4.09. The summed E-state index contributed by atoms with van der Waals surface area (Å²) in [7, 11) is 0. The number of carbonyl (C=O) groups is 4. The summed E-state index contributed by atoms with van der Waals surface area (Å²) in [6.45, 7) is 1.19. The minimum absolute atomic E-state index is 0.0154. The third-order valence-corrected chi connectivity index (χ3v) is 6.34. The molecule has 2 aromatic rings. The quantitative estimate of drug-likeness (QED) is 0.499. The summed E-state index contributed by atoms with van der Waals surface area (Å²) in [6, 6.07) is 13.6. The van der Waals surface area contributed by atoms with E-state index in [9.17, 15) is 19.2 Å². The van der Waals surface area contributed by atoms with Crippen molar-refractivity contribution in [3.8, 4) is 11.5 Å². The Morgan fingerprint density at radius 3 is 2.41 bits per heavy atom. The van der Waals surface area contributed by atoms with E-state index in [2.05, 4.69) is 0 Å². The van der Waals surface area contributed by atoms with Crippen LogP contribution in [0.1, 0.15) is 36.4 Å². The number of rotatable bonds is 5. The van der Waals surface area contributed by atoms with Crippen molar-refractivity contribution in [1.82, 2.24) is 14.7 Å². The predicted molar refractivity (Wildman–Crippen MR) is 120 cm³/mol. The number of urea groups is 1. The molecule has 3 aliphatic rings. The van der Waals surface area contributed by atoms with Crippen molar-refractivity contribution in [3.63, 3.8) is 0 Å². The molecule has 3 heterocycles. The minimum atomic E-state index is -0.972. The van der Waals surface area contributed by atoms with Gasteiger partial charge >= 0.3 is 17.8 Å². The average Bonchev–Trinajstić information content (AvgIpc) is 3.32.